The van der Waals surface area contributed by atoms with Crippen molar-refractivity contribution in [2.75, 3.05) is 20.3 Å². The highest BCUT2D eigenvalue weighted by Gasteiger charge is 2.37. The van der Waals surface area contributed by atoms with Gasteiger partial charge in [-0.05, 0) is 72.8 Å². The van der Waals surface area contributed by atoms with Gasteiger partial charge in [0.1, 0.15) is 5.75 Å². The summed E-state index contributed by atoms with van der Waals surface area (Å²) in [6, 6.07) is 8.08. The van der Waals surface area contributed by atoms with Gasteiger partial charge < -0.3 is 9.47 Å². The predicted molar refractivity (Wildman–Crippen MR) is 110 cm³/mol. The molecule has 1 saturated heterocycles. The normalized spacial score (nSPS) is 23.9. The number of methoxy groups -OCH3 is 1. The van der Waals surface area contributed by atoms with E-state index in [2.05, 4.69) is 39.8 Å². The Labute approximate surface area is 160 Å². The lowest BCUT2D eigenvalue weighted by Crippen LogP contribution is -2.38. The Hall–Kier alpha value is -1.35. The van der Waals surface area contributed by atoms with Gasteiger partial charge >= 0.3 is 0 Å². The first-order valence-corrected chi connectivity index (χ1v) is 10.2. The Morgan fingerprint density at radius 2 is 1.92 bits per heavy atom. The average Bonchev–Trinajstić information content (AvgIpc) is 2.64. The molecule has 0 aliphatic carbocycles. The van der Waals surface area contributed by atoms with Gasteiger partial charge in [-0.15, -0.1) is 0 Å². The van der Waals surface area contributed by atoms with E-state index in [1.54, 1.807) is 7.11 Å². The van der Waals surface area contributed by atoms with Crippen molar-refractivity contribution in [1.29, 1.82) is 0 Å². The van der Waals surface area contributed by atoms with Crippen LogP contribution in [0.15, 0.2) is 29.3 Å². The van der Waals surface area contributed by atoms with Gasteiger partial charge in [0.25, 0.3) is 0 Å². The summed E-state index contributed by atoms with van der Waals surface area (Å²) in [6.45, 7) is 11.0. The highest BCUT2D eigenvalue weighted by Crippen LogP contribution is 2.43. The zero-order valence-electron chi connectivity index (χ0n) is 17.3. The lowest BCUT2D eigenvalue weighted by molar-refractivity contribution is -0.0755. The van der Waals surface area contributed by atoms with Crippen molar-refractivity contribution >= 4 is 6.21 Å². The highest BCUT2D eigenvalue weighted by molar-refractivity contribution is 5.79. The number of ether oxygens (including phenoxy) is 2. The van der Waals surface area contributed by atoms with Crippen molar-refractivity contribution in [3.63, 3.8) is 0 Å². The summed E-state index contributed by atoms with van der Waals surface area (Å²) >= 11 is 0. The fourth-order valence-corrected chi connectivity index (χ4v) is 3.78. The summed E-state index contributed by atoms with van der Waals surface area (Å²) in [6.07, 6.45) is 8.54. The molecule has 1 aromatic rings. The third-order valence-corrected chi connectivity index (χ3v) is 5.72. The monoisotopic (exact) mass is 359 g/mol. The molecule has 26 heavy (non-hydrogen) atoms. The minimum Gasteiger partial charge on any atom is -0.497 e. The van der Waals surface area contributed by atoms with E-state index in [1.165, 1.54) is 32.1 Å². The first-order chi connectivity index (χ1) is 12.4. The van der Waals surface area contributed by atoms with E-state index in [0.29, 0.717) is 17.4 Å². The molecule has 1 aliphatic heterocycles. The summed E-state index contributed by atoms with van der Waals surface area (Å²) in [5.41, 5.74) is 1.53. The zero-order chi connectivity index (χ0) is 19.0. The van der Waals surface area contributed by atoms with Gasteiger partial charge in [-0.3, -0.25) is 4.99 Å². The van der Waals surface area contributed by atoms with Crippen LogP contribution in [-0.2, 0) is 4.74 Å². The molecule has 2 rings (SSSR count). The SMILES string of the molecule is COc1ccc(C=NCC[C@@]2(CCC(C)C)CCO[C@@H](C(C)C)C2)cc1. The van der Waals surface area contributed by atoms with Crippen molar-refractivity contribution in [1.82, 2.24) is 0 Å². The Kier molecular flexibility index (Phi) is 8.15. The molecule has 3 nitrogen and oxygen atoms in total. The van der Waals surface area contributed by atoms with Gasteiger partial charge in [0.2, 0.25) is 0 Å². The van der Waals surface area contributed by atoms with Gasteiger partial charge in [0.15, 0.2) is 0 Å². The maximum atomic E-state index is 6.05. The summed E-state index contributed by atoms with van der Waals surface area (Å²) in [7, 11) is 1.69. The molecule has 1 aliphatic rings. The van der Waals surface area contributed by atoms with E-state index in [1.807, 2.05) is 18.3 Å². The smallest absolute Gasteiger partial charge is 0.118 e. The third kappa shape index (κ3) is 6.42. The van der Waals surface area contributed by atoms with Crippen molar-refractivity contribution in [3.05, 3.63) is 29.8 Å². The van der Waals surface area contributed by atoms with Crippen LogP contribution in [-0.4, -0.2) is 32.6 Å². The molecule has 1 aromatic carbocycles. The number of hydrogen-bond donors (Lipinski definition) is 0. The standard InChI is InChI=1S/C23H37NO2/c1-18(2)10-11-23(13-15-26-22(16-23)19(3)4)12-14-24-17-20-6-8-21(25-5)9-7-20/h6-9,17-19,22H,10-16H2,1-5H3/t22-,23+/m1/s1. The van der Waals surface area contributed by atoms with Gasteiger partial charge in [-0.1, -0.05) is 34.1 Å². The molecule has 0 spiro atoms. The van der Waals surface area contributed by atoms with E-state index < -0.39 is 0 Å². The van der Waals surface area contributed by atoms with Crippen LogP contribution in [0.1, 0.15) is 65.4 Å². The van der Waals surface area contributed by atoms with Crippen molar-refractivity contribution in [2.45, 2.75) is 65.9 Å². The average molecular weight is 360 g/mol. The van der Waals surface area contributed by atoms with Crippen molar-refractivity contribution < 1.29 is 9.47 Å². The second-order valence-corrected chi connectivity index (χ2v) is 8.60. The Morgan fingerprint density at radius 1 is 1.19 bits per heavy atom. The van der Waals surface area contributed by atoms with E-state index in [4.69, 9.17) is 14.5 Å². The molecule has 146 valence electrons. The minimum atomic E-state index is 0.398. The first-order valence-electron chi connectivity index (χ1n) is 10.2. The summed E-state index contributed by atoms with van der Waals surface area (Å²) < 4.78 is 11.3. The maximum Gasteiger partial charge on any atom is 0.118 e. The number of benzene rings is 1. The number of aliphatic imine (C=N–C) groups is 1. The topological polar surface area (TPSA) is 30.8 Å². The molecule has 0 amide bonds. The van der Waals surface area contributed by atoms with E-state index in [-0.39, 0.29) is 0 Å². The first kappa shape index (κ1) is 21.0. The van der Waals surface area contributed by atoms with Crippen LogP contribution in [0.5, 0.6) is 5.75 Å². The predicted octanol–water partition coefficient (Wildman–Crippen LogP) is 5.76. The third-order valence-electron chi connectivity index (χ3n) is 5.72. The molecule has 1 heterocycles. The summed E-state index contributed by atoms with van der Waals surface area (Å²) in [5.74, 6) is 2.24. The maximum absolute atomic E-state index is 6.05. The molecule has 1 fully saturated rings. The molecule has 0 N–H and O–H groups in total. The number of hydrogen-bond acceptors (Lipinski definition) is 3. The largest absolute Gasteiger partial charge is 0.497 e. The molecular weight excluding hydrogens is 322 g/mol. The zero-order valence-corrected chi connectivity index (χ0v) is 17.3. The minimum absolute atomic E-state index is 0.398. The quantitative estimate of drug-likeness (QED) is 0.525. The molecular formula is C23H37NO2. The van der Waals surface area contributed by atoms with Crippen LogP contribution in [0.3, 0.4) is 0 Å². The Balaban J connectivity index is 1.96. The fraction of sp³-hybridized carbons (Fsp3) is 0.696. The lowest BCUT2D eigenvalue weighted by atomic mass is 9.69. The van der Waals surface area contributed by atoms with Crippen LogP contribution in [0.25, 0.3) is 0 Å². The second-order valence-electron chi connectivity index (χ2n) is 8.60. The summed E-state index contributed by atoms with van der Waals surface area (Å²) in [4.78, 5) is 4.73. The Bertz CT molecular complexity index is 550. The van der Waals surface area contributed by atoms with Crippen LogP contribution in [0, 0.1) is 17.3 Å². The molecule has 0 saturated carbocycles. The molecule has 3 heteroatoms. The van der Waals surface area contributed by atoms with Crippen molar-refractivity contribution in [2.24, 2.45) is 22.2 Å². The van der Waals surface area contributed by atoms with Crippen molar-refractivity contribution in [3.8, 4) is 5.75 Å². The molecule has 2 atom stereocenters. The van der Waals surface area contributed by atoms with E-state index >= 15 is 0 Å². The molecule has 0 radical (unpaired) electrons. The van der Waals surface area contributed by atoms with E-state index in [9.17, 15) is 0 Å². The fourth-order valence-electron chi connectivity index (χ4n) is 3.78. The van der Waals surface area contributed by atoms with Crippen LogP contribution >= 0.6 is 0 Å². The Morgan fingerprint density at radius 3 is 2.54 bits per heavy atom. The second kappa shape index (κ2) is 10.1. The lowest BCUT2D eigenvalue weighted by Gasteiger charge is -2.43. The van der Waals surface area contributed by atoms with Crippen LogP contribution in [0.2, 0.25) is 0 Å². The summed E-state index contributed by atoms with van der Waals surface area (Å²) in [5, 5.41) is 0. The number of rotatable bonds is 9. The van der Waals surface area contributed by atoms with Gasteiger partial charge in [0.05, 0.1) is 13.2 Å². The van der Waals surface area contributed by atoms with Crippen LogP contribution < -0.4 is 4.74 Å². The van der Waals surface area contributed by atoms with Crippen LogP contribution in [0.4, 0.5) is 0 Å². The molecule has 0 aromatic heterocycles. The molecule has 0 unspecified atom stereocenters. The van der Waals surface area contributed by atoms with Gasteiger partial charge in [0, 0.05) is 19.4 Å². The van der Waals surface area contributed by atoms with Gasteiger partial charge in [-0.2, -0.15) is 0 Å². The molecule has 0 bridgehead atoms. The highest BCUT2D eigenvalue weighted by atomic mass is 16.5. The van der Waals surface area contributed by atoms with Gasteiger partial charge in [-0.25, -0.2) is 0 Å². The van der Waals surface area contributed by atoms with E-state index in [0.717, 1.165) is 30.4 Å². The number of nitrogens with zero attached hydrogens (tertiary/aromatic N) is 1.